The molecule has 0 saturated carbocycles. The van der Waals surface area contributed by atoms with E-state index in [0.29, 0.717) is 6.42 Å². The Morgan fingerprint density at radius 2 is 1.33 bits per heavy atom. The number of nitrogens with two attached hydrogens (primary N) is 1. The molecule has 2 heteroatoms. The summed E-state index contributed by atoms with van der Waals surface area (Å²) in [6.07, 6.45) is 4.98. The van der Waals surface area contributed by atoms with Gasteiger partial charge in [0.05, 0.1) is 0 Å². The SMILES string of the molecule is C=C1/C=C(C)\C(C)=C/N/C(=C(/C(C)=C(\C(=C)C)c2cc(C)c(C)cc2C)c2cc(C)c(C)cc2N)C1. The van der Waals surface area contributed by atoms with E-state index in [9.17, 15) is 0 Å². The zero-order valence-corrected chi connectivity index (χ0v) is 23.7. The normalized spacial score (nSPS) is 19.2. The Bertz CT molecular complexity index is 1390. The van der Waals surface area contributed by atoms with Crippen LogP contribution < -0.4 is 11.1 Å². The Morgan fingerprint density at radius 1 is 0.778 bits per heavy atom. The molecular weight excluding hydrogens is 436 g/mol. The average Bonchev–Trinajstić information content (AvgIpc) is 2.77. The van der Waals surface area contributed by atoms with Crippen LogP contribution in [0.4, 0.5) is 5.69 Å². The number of hydrogen-bond donors (Lipinski definition) is 2. The smallest absolute Gasteiger partial charge is 0.0397 e. The van der Waals surface area contributed by atoms with Crippen molar-refractivity contribution in [2.75, 3.05) is 5.73 Å². The van der Waals surface area contributed by atoms with Crippen molar-refractivity contribution in [3.63, 3.8) is 0 Å². The number of nitrogens with one attached hydrogen (secondary N) is 1. The molecule has 2 aromatic carbocycles. The summed E-state index contributed by atoms with van der Waals surface area (Å²) in [6, 6.07) is 8.88. The first kappa shape index (κ1) is 27.1. The number of anilines is 1. The molecule has 0 fully saturated rings. The molecule has 0 amide bonds. The highest BCUT2D eigenvalue weighted by molar-refractivity contribution is 5.98. The lowest BCUT2D eigenvalue weighted by atomic mass is 9.83. The second-order valence-corrected chi connectivity index (χ2v) is 10.5. The van der Waals surface area contributed by atoms with Gasteiger partial charge >= 0.3 is 0 Å². The van der Waals surface area contributed by atoms with Crippen LogP contribution in [-0.4, -0.2) is 0 Å². The predicted octanol–water partition coefficient (Wildman–Crippen LogP) is 8.97. The van der Waals surface area contributed by atoms with Gasteiger partial charge in [0, 0.05) is 35.1 Å². The number of allylic oxidation sites excluding steroid dienone is 8. The highest BCUT2D eigenvalue weighted by atomic mass is 14.9. The van der Waals surface area contributed by atoms with Crippen molar-refractivity contribution in [2.24, 2.45) is 0 Å². The minimum Gasteiger partial charge on any atom is -0.398 e. The van der Waals surface area contributed by atoms with Crippen molar-refractivity contribution in [2.45, 2.75) is 68.7 Å². The van der Waals surface area contributed by atoms with Gasteiger partial charge in [-0.3, -0.25) is 0 Å². The van der Waals surface area contributed by atoms with Crippen LogP contribution in [0.1, 0.15) is 73.1 Å². The van der Waals surface area contributed by atoms with Crippen LogP contribution in [0.2, 0.25) is 0 Å². The molecule has 1 aliphatic heterocycles. The molecular formula is C34H42N2. The molecule has 3 N–H and O–H groups in total. The van der Waals surface area contributed by atoms with Crippen LogP contribution in [0, 0.1) is 34.6 Å². The van der Waals surface area contributed by atoms with Gasteiger partial charge in [0.1, 0.15) is 0 Å². The molecule has 0 unspecified atom stereocenters. The van der Waals surface area contributed by atoms with E-state index in [1.165, 1.54) is 44.5 Å². The fourth-order valence-electron chi connectivity index (χ4n) is 4.97. The first-order valence-electron chi connectivity index (χ1n) is 12.7. The van der Waals surface area contributed by atoms with Crippen molar-refractivity contribution in [1.82, 2.24) is 5.32 Å². The van der Waals surface area contributed by atoms with E-state index in [2.05, 4.69) is 117 Å². The van der Waals surface area contributed by atoms with E-state index in [0.717, 1.165) is 44.8 Å². The van der Waals surface area contributed by atoms with Crippen LogP contribution in [-0.2, 0) is 0 Å². The third-order valence-electron chi connectivity index (χ3n) is 7.43. The quantitative estimate of drug-likeness (QED) is 0.340. The van der Waals surface area contributed by atoms with E-state index in [4.69, 9.17) is 5.73 Å². The standard InChI is InChI=1S/C34H42N2/c1-19(2)33(29-15-23(6)22(5)14-26(29)9)28(11)34(30-16-24(7)25(8)17-31(30)35)32-13-20(3)12-21(4)27(10)18-36-32/h12,14-18,36H,1,3,13,35H2,2,4-11H3/b21-12-,27-18-,33-28+,34-32-. The number of hydrogen-bond acceptors (Lipinski definition) is 2. The summed E-state index contributed by atoms with van der Waals surface area (Å²) < 4.78 is 0. The fraction of sp³-hybridized carbons (Fsp3) is 0.294. The van der Waals surface area contributed by atoms with Crippen LogP contribution in [0.25, 0.3) is 11.1 Å². The maximum Gasteiger partial charge on any atom is 0.0397 e. The molecule has 188 valence electrons. The Balaban J connectivity index is 2.46. The van der Waals surface area contributed by atoms with Crippen molar-refractivity contribution >= 4 is 16.8 Å². The number of benzene rings is 2. The maximum absolute atomic E-state index is 6.72. The summed E-state index contributed by atoms with van der Waals surface area (Å²) in [5, 5.41) is 3.65. The Morgan fingerprint density at radius 3 is 1.94 bits per heavy atom. The highest BCUT2D eigenvalue weighted by Crippen LogP contribution is 2.41. The summed E-state index contributed by atoms with van der Waals surface area (Å²) >= 11 is 0. The third-order valence-corrected chi connectivity index (χ3v) is 7.43. The van der Waals surface area contributed by atoms with Crippen molar-refractivity contribution in [1.29, 1.82) is 0 Å². The largest absolute Gasteiger partial charge is 0.398 e. The van der Waals surface area contributed by atoms with E-state index in [1.807, 2.05) is 0 Å². The van der Waals surface area contributed by atoms with Crippen molar-refractivity contribution < 1.29 is 0 Å². The van der Waals surface area contributed by atoms with E-state index in [-0.39, 0.29) is 0 Å². The summed E-state index contributed by atoms with van der Waals surface area (Å²) in [5.74, 6) is 0. The molecule has 0 bridgehead atoms. The van der Waals surface area contributed by atoms with Gasteiger partial charge in [0.15, 0.2) is 0 Å². The summed E-state index contributed by atoms with van der Waals surface area (Å²) in [6.45, 7) is 28.1. The minimum absolute atomic E-state index is 0.704. The Hall–Kier alpha value is -3.52. The molecule has 1 aliphatic rings. The maximum atomic E-state index is 6.72. The van der Waals surface area contributed by atoms with Gasteiger partial charge < -0.3 is 11.1 Å². The van der Waals surface area contributed by atoms with Crippen LogP contribution in [0.3, 0.4) is 0 Å². The highest BCUT2D eigenvalue weighted by Gasteiger charge is 2.21. The van der Waals surface area contributed by atoms with Gasteiger partial charge in [-0.05, 0) is 136 Å². The fourth-order valence-corrected chi connectivity index (χ4v) is 4.97. The van der Waals surface area contributed by atoms with Crippen molar-refractivity contribution in [3.05, 3.63) is 122 Å². The average molecular weight is 479 g/mol. The minimum atomic E-state index is 0.704. The zero-order valence-electron chi connectivity index (χ0n) is 23.7. The second kappa shape index (κ2) is 10.6. The van der Waals surface area contributed by atoms with Gasteiger partial charge in [0.2, 0.25) is 0 Å². The molecule has 0 saturated heterocycles. The summed E-state index contributed by atoms with van der Waals surface area (Å²) in [4.78, 5) is 0. The van der Waals surface area contributed by atoms with Crippen LogP contribution in [0.5, 0.6) is 0 Å². The van der Waals surface area contributed by atoms with E-state index < -0.39 is 0 Å². The lowest BCUT2D eigenvalue weighted by molar-refractivity contribution is 0.953. The Labute approximate surface area is 218 Å². The second-order valence-electron chi connectivity index (χ2n) is 10.5. The predicted molar refractivity (Wildman–Crippen MR) is 160 cm³/mol. The van der Waals surface area contributed by atoms with Gasteiger partial charge in [-0.25, -0.2) is 0 Å². The van der Waals surface area contributed by atoms with Gasteiger partial charge in [-0.2, -0.15) is 0 Å². The number of nitrogen functional groups attached to an aromatic ring is 1. The van der Waals surface area contributed by atoms with Gasteiger partial charge in [-0.1, -0.05) is 36.9 Å². The Kier molecular flexibility index (Phi) is 7.99. The lowest BCUT2D eigenvalue weighted by Crippen LogP contribution is -2.14. The number of aryl methyl sites for hydroxylation is 5. The van der Waals surface area contributed by atoms with Gasteiger partial charge in [-0.15, -0.1) is 0 Å². The molecule has 2 aromatic rings. The molecule has 0 aromatic heterocycles. The molecule has 0 radical (unpaired) electrons. The monoisotopic (exact) mass is 478 g/mol. The first-order valence-corrected chi connectivity index (χ1v) is 12.7. The van der Waals surface area contributed by atoms with Crippen molar-refractivity contribution in [3.8, 4) is 0 Å². The summed E-state index contributed by atoms with van der Waals surface area (Å²) in [7, 11) is 0. The van der Waals surface area contributed by atoms with E-state index >= 15 is 0 Å². The number of rotatable bonds is 4. The summed E-state index contributed by atoms with van der Waals surface area (Å²) in [5.41, 5.74) is 25.0. The molecule has 2 nitrogen and oxygen atoms in total. The molecule has 1 heterocycles. The van der Waals surface area contributed by atoms with E-state index in [1.54, 1.807) is 0 Å². The zero-order chi connectivity index (χ0) is 26.9. The molecule has 0 spiro atoms. The molecule has 3 rings (SSSR count). The first-order chi connectivity index (χ1) is 16.8. The lowest BCUT2D eigenvalue weighted by Gasteiger charge is -2.25. The molecule has 36 heavy (non-hydrogen) atoms. The third kappa shape index (κ3) is 5.49. The molecule has 0 aliphatic carbocycles. The van der Waals surface area contributed by atoms with Crippen LogP contribution >= 0.6 is 0 Å². The molecule has 0 atom stereocenters. The van der Waals surface area contributed by atoms with Gasteiger partial charge in [0.25, 0.3) is 0 Å². The van der Waals surface area contributed by atoms with Crippen LogP contribution in [0.15, 0.2) is 83.3 Å². The topological polar surface area (TPSA) is 38.0 Å².